The van der Waals surface area contributed by atoms with Gasteiger partial charge in [-0.3, -0.25) is 0 Å². The highest BCUT2D eigenvalue weighted by Crippen LogP contribution is 2.21. The largest absolute Gasteiger partial charge is 0.354 e. The molecule has 5 heteroatoms. The molecule has 0 aliphatic rings. The summed E-state index contributed by atoms with van der Waals surface area (Å²) in [4.78, 5) is 12.2. The predicted octanol–water partition coefficient (Wildman–Crippen LogP) is 3.53. The van der Waals surface area contributed by atoms with Crippen LogP contribution in [-0.4, -0.2) is 17.0 Å². The Bertz CT molecular complexity index is 539. The van der Waals surface area contributed by atoms with Crippen LogP contribution in [0.5, 0.6) is 0 Å². The third kappa shape index (κ3) is 2.82. The fourth-order valence-electron chi connectivity index (χ4n) is 1.87. The average molecular weight is 282 g/mol. The number of hydrogen-bond acceptors (Lipinski definition) is 4. The molecule has 2 heterocycles. The Kier molecular flexibility index (Phi) is 4.19. The average Bonchev–Trinajstić information content (AvgIpc) is 2.74. The van der Waals surface area contributed by atoms with Crippen molar-refractivity contribution in [1.82, 2.24) is 9.97 Å². The number of pyridine rings is 1. The fraction of sp³-hybridized carbons (Fsp3) is 0.385. The highest BCUT2D eigenvalue weighted by Gasteiger charge is 2.10. The Morgan fingerprint density at radius 1 is 1.33 bits per heavy atom. The lowest BCUT2D eigenvalue weighted by Gasteiger charge is -2.20. The maximum absolute atomic E-state index is 5.81. The lowest BCUT2D eigenvalue weighted by Crippen LogP contribution is -2.18. The molecule has 0 fully saturated rings. The van der Waals surface area contributed by atoms with Gasteiger partial charge < -0.3 is 4.90 Å². The first-order valence-corrected chi connectivity index (χ1v) is 7.15. The summed E-state index contributed by atoms with van der Waals surface area (Å²) in [7, 11) is 2.05. The number of aromatic nitrogens is 2. The zero-order chi connectivity index (χ0) is 13.1. The maximum Gasteiger partial charge on any atom is 0.131 e. The standard InChI is InChI=1S/C13H16ClN3S/c1-9-4-11(5-14)6-15-13(9)17(3)7-12-10(2)16-8-18-12/h4,6,8H,5,7H2,1-3H3. The lowest BCUT2D eigenvalue weighted by atomic mass is 10.2. The van der Waals surface area contributed by atoms with Gasteiger partial charge in [0.1, 0.15) is 5.82 Å². The van der Waals surface area contributed by atoms with Gasteiger partial charge in [0, 0.05) is 24.0 Å². The second-order valence-corrected chi connectivity index (χ2v) is 5.54. The molecule has 0 radical (unpaired) electrons. The summed E-state index contributed by atoms with van der Waals surface area (Å²) in [6.45, 7) is 4.94. The number of rotatable bonds is 4. The summed E-state index contributed by atoms with van der Waals surface area (Å²) in [5.41, 5.74) is 5.19. The normalized spacial score (nSPS) is 10.7. The van der Waals surface area contributed by atoms with E-state index < -0.39 is 0 Å². The molecule has 0 N–H and O–H groups in total. The Morgan fingerprint density at radius 3 is 2.67 bits per heavy atom. The highest BCUT2D eigenvalue weighted by molar-refractivity contribution is 7.09. The molecule has 3 nitrogen and oxygen atoms in total. The molecule has 0 spiro atoms. The van der Waals surface area contributed by atoms with Gasteiger partial charge in [-0.15, -0.1) is 22.9 Å². The summed E-state index contributed by atoms with van der Waals surface area (Å²) < 4.78 is 0. The number of aryl methyl sites for hydroxylation is 2. The molecule has 0 aliphatic heterocycles. The molecular weight excluding hydrogens is 266 g/mol. The molecule has 2 aromatic rings. The third-order valence-corrected chi connectivity index (χ3v) is 4.08. The Balaban J connectivity index is 2.19. The first-order chi connectivity index (χ1) is 8.61. The van der Waals surface area contributed by atoms with Gasteiger partial charge >= 0.3 is 0 Å². The quantitative estimate of drug-likeness (QED) is 0.803. The first-order valence-electron chi connectivity index (χ1n) is 5.73. The van der Waals surface area contributed by atoms with Crippen molar-refractivity contribution in [2.24, 2.45) is 0 Å². The third-order valence-electron chi connectivity index (χ3n) is 2.85. The summed E-state index contributed by atoms with van der Waals surface area (Å²) >= 11 is 7.49. The zero-order valence-electron chi connectivity index (χ0n) is 10.8. The molecule has 96 valence electrons. The summed E-state index contributed by atoms with van der Waals surface area (Å²) in [5.74, 6) is 1.50. The number of nitrogens with zero attached hydrogens (tertiary/aromatic N) is 3. The van der Waals surface area contributed by atoms with Crippen molar-refractivity contribution < 1.29 is 0 Å². The van der Waals surface area contributed by atoms with Crippen LogP contribution < -0.4 is 4.90 Å². The Hall–Kier alpha value is -1.13. The lowest BCUT2D eigenvalue weighted by molar-refractivity contribution is 0.892. The van der Waals surface area contributed by atoms with Crippen LogP contribution in [0, 0.1) is 13.8 Å². The van der Waals surface area contributed by atoms with E-state index in [4.69, 9.17) is 11.6 Å². The van der Waals surface area contributed by atoms with Gasteiger partial charge in [0.2, 0.25) is 0 Å². The molecular formula is C13H16ClN3S. The summed E-state index contributed by atoms with van der Waals surface area (Å²) in [6.07, 6.45) is 1.84. The van der Waals surface area contributed by atoms with Crippen LogP contribution in [-0.2, 0) is 12.4 Å². The van der Waals surface area contributed by atoms with Gasteiger partial charge in [0.25, 0.3) is 0 Å². The predicted molar refractivity (Wildman–Crippen MR) is 77.5 cm³/mol. The van der Waals surface area contributed by atoms with Gasteiger partial charge in [0.15, 0.2) is 0 Å². The monoisotopic (exact) mass is 281 g/mol. The molecule has 18 heavy (non-hydrogen) atoms. The molecule has 0 atom stereocenters. The van der Waals surface area contributed by atoms with Crippen LogP contribution in [0.2, 0.25) is 0 Å². The molecule has 0 bridgehead atoms. The topological polar surface area (TPSA) is 29.0 Å². The van der Waals surface area contributed by atoms with Crippen molar-refractivity contribution in [2.75, 3.05) is 11.9 Å². The first kappa shape index (κ1) is 13.3. The van der Waals surface area contributed by atoms with Crippen molar-refractivity contribution in [3.63, 3.8) is 0 Å². The van der Waals surface area contributed by atoms with E-state index in [1.807, 2.05) is 18.6 Å². The molecule has 0 amide bonds. The van der Waals surface area contributed by atoms with E-state index in [0.29, 0.717) is 5.88 Å². The maximum atomic E-state index is 5.81. The number of anilines is 1. The van der Waals surface area contributed by atoms with E-state index in [2.05, 4.69) is 34.9 Å². The number of alkyl halides is 1. The zero-order valence-corrected chi connectivity index (χ0v) is 12.3. The van der Waals surface area contributed by atoms with E-state index in [-0.39, 0.29) is 0 Å². The Morgan fingerprint density at radius 2 is 2.11 bits per heavy atom. The number of thiazole rings is 1. The van der Waals surface area contributed by atoms with E-state index in [1.165, 1.54) is 4.88 Å². The van der Waals surface area contributed by atoms with Crippen LogP contribution in [0.15, 0.2) is 17.8 Å². The van der Waals surface area contributed by atoms with Crippen LogP contribution in [0.1, 0.15) is 21.7 Å². The van der Waals surface area contributed by atoms with E-state index in [0.717, 1.165) is 29.2 Å². The molecule has 2 rings (SSSR count). The summed E-state index contributed by atoms with van der Waals surface area (Å²) in [6, 6.07) is 2.09. The van der Waals surface area contributed by atoms with E-state index in [1.54, 1.807) is 11.3 Å². The molecule has 0 aromatic carbocycles. The van der Waals surface area contributed by atoms with Crippen molar-refractivity contribution in [2.45, 2.75) is 26.3 Å². The van der Waals surface area contributed by atoms with Crippen LogP contribution in [0.4, 0.5) is 5.82 Å². The minimum atomic E-state index is 0.506. The van der Waals surface area contributed by atoms with E-state index >= 15 is 0 Å². The van der Waals surface area contributed by atoms with Crippen LogP contribution >= 0.6 is 22.9 Å². The minimum absolute atomic E-state index is 0.506. The molecule has 0 saturated heterocycles. The molecule has 0 saturated carbocycles. The highest BCUT2D eigenvalue weighted by atomic mass is 35.5. The number of halogens is 1. The summed E-state index contributed by atoms with van der Waals surface area (Å²) in [5, 5.41) is 0. The number of hydrogen-bond donors (Lipinski definition) is 0. The SMILES string of the molecule is Cc1cc(CCl)cnc1N(C)Cc1scnc1C. The second kappa shape index (κ2) is 5.67. The van der Waals surface area contributed by atoms with Crippen molar-refractivity contribution >= 4 is 28.8 Å². The van der Waals surface area contributed by atoms with Crippen LogP contribution in [0.25, 0.3) is 0 Å². The van der Waals surface area contributed by atoms with Gasteiger partial charge in [-0.05, 0) is 31.0 Å². The minimum Gasteiger partial charge on any atom is -0.354 e. The fourth-order valence-corrected chi connectivity index (χ4v) is 2.84. The van der Waals surface area contributed by atoms with Gasteiger partial charge in [-0.1, -0.05) is 0 Å². The molecule has 0 aliphatic carbocycles. The van der Waals surface area contributed by atoms with E-state index in [9.17, 15) is 0 Å². The van der Waals surface area contributed by atoms with Gasteiger partial charge in [0.05, 0.1) is 17.7 Å². The van der Waals surface area contributed by atoms with Gasteiger partial charge in [-0.2, -0.15) is 0 Å². The Labute approximate surface area is 116 Å². The van der Waals surface area contributed by atoms with Crippen molar-refractivity contribution in [3.05, 3.63) is 39.5 Å². The molecule has 0 unspecified atom stereocenters. The smallest absolute Gasteiger partial charge is 0.131 e. The van der Waals surface area contributed by atoms with Gasteiger partial charge in [-0.25, -0.2) is 9.97 Å². The van der Waals surface area contributed by atoms with Crippen molar-refractivity contribution in [3.8, 4) is 0 Å². The molecule has 2 aromatic heterocycles. The van der Waals surface area contributed by atoms with Crippen LogP contribution in [0.3, 0.4) is 0 Å². The van der Waals surface area contributed by atoms with Crippen molar-refractivity contribution in [1.29, 1.82) is 0 Å². The second-order valence-electron chi connectivity index (χ2n) is 4.33.